The molecular weight excluding hydrogens is 423 g/mol. The van der Waals surface area contributed by atoms with Gasteiger partial charge in [-0.3, -0.25) is 0 Å². The highest BCUT2D eigenvalue weighted by molar-refractivity contribution is 9.14. The van der Waals surface area contributed by atoms with Crippen LogP contribution in [0, 0.1) is 12.7 Å². The molecule has 0 atom stereocenters. The van der Waals surface area contributed by atoms with Gasteiger partial charge in [-0.05, 0) is 76.2 Å². The second-order valence-corrected chi connectivity index (χ2v) is 5.37. The molecule has 0 saturated carbocycles. The van der Waals surface area contributed by atoms with E-state index in [0.29, 0.717) is 8.95 Å². The maximum atomic E-state index is 13.3. The minimum atomic E-state index is -0.306. The fourth-order valence-electron chi connectivity index (χ4n) is 0.715. The van der Waals surface area contributed by atoms with Gasteiger partial charge in [0.2, 0.25) is 0 Å². The maximum absolute atomic E-state index is 13.3. The van der Waals surface area contributed by atoms with Gasteiger partial charge >= 0.3 is 0 Å². The minimum Gasteiger partial charge on any atom is -0.204 e. The third kappa shape index (κ3) is 1.79. The van der Waals surface area contributed by atoms with Crippen molar-refractivity contribution in [3.8, 4) is 0 Å². The van der Waals surface area contributed by atoms with Crippen LogP contribution < -0.4 is 0 Å². The van der Waals surface area contributed by atoms with Gasteiger partial charge in [0.25, 0.3) is 0 Å². The molecule has 12 heavy (non-hydrogen) atoms. The minimum absolute atomic E-state index is 0.306. The van der Waals surface area contributed by atoms with Crippen LogP contribution in [0.2, 0.25) is 0 Å². The summed E-state index contributed by atoms with van der Waals surface area (Å²) in [6, 6.07) is 0. The molecule has 1 aromatic carbocycles. The summed E-state index contributed by atoms with van der Waals surface area (Å²) in [5.74, 6) is -0.306. The first-order valence-corrected chi connectivity index (χ1v) is 6.12. The Kier molecular flexibility index (Phi) is 3.78. The van der Waals surface area contributed by atoms with Gasteiger partial charge in [-0.2, -0.15) is 0 Å². The number of hydrogen-bond donors (Lipinski definition) is 0. The van der Waals surface area contributed by atoms with Crippen molar-refractivity contribution in [2.24, 2.45) is 0 Å². The van der Waals surface area contributed by atoms with E-state index in [1.807, 2.05) is 6.92 Å². The lowest BCUT2D eigenvalue weighted by atomic mass is 10.2. The maximum Gasteiger partial charge on any atom is 0.153 e. The molecule has 1 aromatic rings. The monoisotopic (exact) mass is 422 g/mol. The number of hydrogen-bond acceptors (Lipinski definition) is 0. The van der Waals surface area contributed by atoms with Gasteiger partial charge in [0.1, 0.15) is 0 Å². The Morgan fingerprint density at radius 3 is 1.50 bits per heavy atom. The Hall–Kier alpha value is 1.07. The largest absolute Gasteiger partial charge is 0.204 e. The van der Waals surface area contributed by atoms with E-state index in [2.05, 4.69) is 63.7 Å². The first-order valence-electron chi connectivity index (χ1n) is 2.94. The van der Waals surface area contributed by atoms with E-state index in [4.69, 9.17) is 0 Å². The summed E-state index contributed by atoms with van der Waals surface area (Å²) < 4.78 is 15.6. The molecule has 5 heteroatoms. The highest BCUT2D eigenvalue weighted by atomic mass is 79.9. The second-order valence-electron chi connectivity index (χ2n) is 2.19. The Morgan fingerprint density at radius 1 is 0.833 bits per heavy atom. The summed E-state index contributed by atoms with van der Waals surface area (Å²) in [4.78, 5) is 0. The van der Waals surface area contributed by atoms with E-state index in [0.717, 1.165) is 14.5 Å². The molecule has 0 aliphatic carbocycles. The molecule has 0 aliphatic rings. The Balaban J connectivity index is 3.60. The molecule has 0 spiro atoms. The van der Waals surface area contributed by atoms with Crippen LogP contribution in [0.1, 0.15) is 5.56 Å². The quantitative estimate of drug-likeness (QED) is 0.397. The van der Waals surface area contributed by atoms with Gasteiger partial charge in [-0.25, -0.2) is 4.39 Å². The third-order valence-electron chi connectivity index (χ3n) is 1.43. The Bertz CT molecular complexity index is 230. The molecule has 0 amide bonds. The fourth-order valence-corrected chi connectivity index (χ4v) is 2.98. The van der Waals surface area contributed by atoms with E-state index >= 15 is 0 Å². The summed E-state index contributed by atoms with van der Waals surface area (Å²) >= 11 is 12.8. The van der Waals surface area contributed by atoms with E-state index in [-0.39, 0.29) is 5.82 Å². The fraction of sp³-hybridized carbons (Fsp3) is 0.143. The van der Waals surface area contributed by atoms with Crippen LogP contribution in [0.3, 0.4) is 0 Å². The van der Waals surface area contributed by atoms with Crippen molar-refractivity contribution in [1.82, 2.24) is 0 Å². The predicted octanol–water partition coefficient (Wildman–Crippen LogP) is 5.18. The molecule has 0 fully saturated rings. The molecule has 66 valence electrons. The van der Waals surface area contributed by atoms with Crippen LogP contribution in [-0.2, 0) is 0 Å². The van der Waals surface area contributed by atoms with Crippen LogP contribution in [0.4, 0.5) is 4.39 Å². The van der Waals surface area contributed by atoms with Gasteiger partial charge in [-0.1, -0.05) is 0 Å². The molecule has 0 radical (unpaired) electrons. The molecule has 0 nitrogen and oxygen atoms in total. The van der Waals surface area contributed by atoms with E-state index in [9.17, 15) is 4.39 Å². The van der Waals surface area contributed by atoms with Crippen LogP contribution in [-0.4, -0.2) is 0 Å². The number of benzene rings is 1. The normalized spacial score (nSPS) is 10.5. The number of rotatable bonds is 0. The highest BCUT2D eigenvalue weighted by Crippen LogP contribution is 2.39. The van der Waals surface area contributed by atoms with Crippen molar-refractivity contribution in [2.75, 3.05) is 0 Å². The SMILES string of the molecule is Cc1c(Br)c(Br)c(F)c(Br)c1Br. The number of halogens is 5. The summed E-state index contributed by atoms with van der Waals surface area (Å²) in [6.07, 6.45) is 0. The topological polar surface area (TPSA) is 0 Å². The molecule has 0 aromatic heterocycles. The predicted molar refractivity (Wildman–Crippen MR) is 61.9 cm³/mol. The van der Waals surface area contributed by atoms with Gasteiger partial charge in [0, 0.05) is 8.95 Å². The van der Waals surface area contributed by atoms with Gasteiger partial charge in [0.15, 0.2) is 5.82 Å². The molecule has 1 rings (SSSR count). The molecule has 0 heterocycles. The third-order valence-corrected chi connectivity index (χ3v) is 5.97. The average Bonchev–Trinajstić information content (AvgIpc) is 2.08. The van der Waals surface area contributed by atoms with E-state index in [1.165, 1.54) is 0 Å². The van der Waals surface area contributed by atoms with Crippen molar-refractivity contribution >= 4 is 63.7 Å². The zero-order valence-electron chi connectivity index (χ0n) is 5.89. The standard InChI is InChI=1S/C7H3Br4F/c1-2-3(8)5(10)7(12)6(11)4(2)9/h1H3. The zero-order valence-corrected chi connectivity index (χ0v) is 12.2. The van der Waals surface area contributed by atoms with E-state index in [1.54, 1.807) is 0 Å². The van der Waals surface area contributed by atoms with Gasteiger partial charge < -0.3 is 0 Å². The Labute approximate surface area is 103 Å². The molecule has 0 N–H and O–H groups in total. The van der Waals surface area contributed by atoms with Crippen molar-refractivity contribution in [1.29, 1.82) is 0 Å². The van der Waals surface area contributed by atoms with Crippen LogP contribution in [0.15, 0.2) is 17.9 Å². The van der Waals surface area contributed by atoms with Crippen molar-refractivity contribution < 1.29 is 4.39 Å². The molecule has 0 saturated heterocycles. The van der Waals surface area contributed by atoms with Crippen LogP contribution in [0.25, 0.3) is 0 Å². The molecule has 0 bridgehead atoms. The highest BCUT2D eigenvalue weighted by Gasteiger charge is 2.15. The van der Waals surface area contributed by atoms with Gasteiger partial charge in [0.05, 0.1) is 8.95 Å². The van der Waals surface area contributed by atoms with Gasteiger partial charge in [-0.15, -0.1) is 0 Å². The van der Waals surface area contributed by atoms with Crippen LogP contribution in [0.5, 0.6) is 0 Å². The summed E-state index contributed by atoms with van der Waals surface area (Å²) in [6.45, 7) is 1.89. The molecule has 0 aliphatic heterocycles. The van der Waals surface area contributed by atoms with Crippen LogP contribution >= 0.6 is 63.7 Å². The second kappa shape index (κ2) is 4.07. The summed E-state index contributed by atoms with van der Waals surface area (Å²) in [7, 11) is 0. The zero-order chi connectivity index (χ0) is 9.46. The molecule has 0 unspecified atom stereocenters. The lowest BCUT2D eigenvalue weighted by Gasteiger charge is -2.07. The average molecular weight is 426 g/mol. The summed E-state index contributed by atoms with van der Waals surface area (Å²) in [5, 5.41) is 0. The molecular formula is C7H3Br4F. The lowest BCUT2D eigenvalue weighted by molar-refractivity contribution is 0.611. The Morgan fingerprint density at radius 2 is 1.17 bits per heavy atom. The smallest absolute Gasteiger partial charge is 0.153 e. The van der Waals surface area contributed by atoms with Crippen molar-refractivity contribution in [3.05, 3.63) is 29.3 Å². The van der Waals surface area contributed by atoms with Crippen molar-refractivity contribution in [3.63, 3.8) is 0 Å². The van der Waals surface area contributed by atoms with Crippen molar-refractivity contribution in [2.45, 2.75) is 6.92 Å². The first-order chi connectivity index (χ1) is 5.46. The lowest BCUT2D eigenvalue weighted by Crippen LogP contribution is -1.88. The first kappa shape index (κ1) is 11.1. The van der Waals surface area contributed by atoms with E-state index < -0.39 is 0 Å². The summed E-state index contributed by atoms with van der Waals surface area (Å²) in [5.41, 5.74) is 0.954.